The molecule has 2 nitrogen and oxygen atoms in total. The van der Waals surface area contributed by atoms with Crippen molar-refractivity contribution in [3.05, 3.63) is 35.4 Å². The van der Waals surface area contributed by atoms with Crippen LogP contribution in [0, 0.1) is 12.8 Å². The van der Waals surface area contributed by atoms with Gasteiger partial charge in [0.25, 0.3) is 0 Å². The average Bonchev–Trinajstić information content (AvgIpc) is 2.39. The number of aryl methyl sites for hydroxylation is 1. The molecule has 1 N–H and O–H groups in total. The Bertz CT molecular complexity index is 327. The molecule has 0 aliphatic heterocycles. The van der Waals surface area contributed by atoms with Gasteiger partial charge in [0.2, 0.25) is 0 Å². The highest BCUT2D eigenvalue weighted by molar-refractivity contribution is 5.23. The predicted octanol–water partition coefficient (Wildman–Crippen LogP) is 3.87. The van der Waals surface area contributed by atoms with Crippen molar-refractivity contribution in [1.82, 2.24) is 0 Å². The first-order valence-corrected chi connectivity index (χ1v) is 6.94. The molecule has 0 radical (unpaired) electrons. The topological polar surface area (TPSA) is 29.5 Å². The van der Waals surface area contributed by atoms with E-state index in [9.17, 15) is 5.11 Å². The number of hydrogen-bond acceptors (Lipinski definition) is 2. The summed E-state index contributed by atoms with van der Waals surface area (Å²) in [5.74, 6) is 0.595. The Kier molecular flexibility index (Phi) is 6.37. The second kappa shape index (κ2) is 7.55. The molecule has 0 heterocycles. The van der Waals surface area contributed by atoms with Crippen molar-refractivity contribution in [2.45, 2.75) is 52.7 Å². The number of rotatable bonds is 7. The third kappa shape index (κ3) is 4.43. The molecule has 0 aliphatic carbocycles. The molecule has 0 saturated heterocycles. The lowest BCUT2D eigenvalue weighted by Gasteiger charge is -2.22. The van der Waals surface area contributed by atoms with Crippen molar-refractivity contribution in [2.75, 3.05) is 6.61 Å². The molecule has 18 heavy (non-hydrogen) atoms. The minimum absolute atomic E-state index is 0.159. The molecule has 0 bridgehead atoms. The zero-order valence-corrected chi connectivity index (χ0v) is 12.0. The highest BCUT2D eigenvalue weighted by Crippen LogP contribution is 2.20. The molecule has 1 rings (SSSR count). The van der Waals surface area contributed by atoms with Gasteiger partial charge in [-0.3, -0.25) is 0 Å². The van der Waals surface area contributed by atoms with E-state index in [1.54, 1.807) is 0 Å². The molecule has 0 aliphatic rings. The van der Waals surface area contributed by atoms with Crippen LogP contribution in [0.1, 0.15) is 50.8 Å². The van der Waals surface area contributed by atoms with Crippen molar-refractivity contribution in [2.24, 2.45) is 5.92 Å². The van der Waals surface area contributed by atoms with E-state index >= 15 is 0 Å². The van der Waals surface area contributed by atoms with E-state index in [1.807, 2.05) is 38.1 Å². The molecule has 0 aromatic heterocycles. The first-order chi connectivity index (χ1) is 8.58. The lowest BCUT2D eigenvalue weighted by atomic mass is 10.0. The monoisotopic (exact) mass is 250 g/mol. The predicted molar refractivity (Wildman–Crippen MR) is 75.6 cm³/mol. The molecule has 0 amide bonds. The Morgan fingerprint density at radius 2 is 1.67 bits per heavy atom. The van der Waals surface area contributed by atoms with Gasteiger partial charge in [0.1, 0.15) is 6.10 Å². The first kappa shape index (κ1) is 15.2. The lowest BCUT2D eigenvalue weighted by Crippen LogP contribution is -2.22. The van der Waals surface area contributed by atoms with E-state index in [0.717, 1.165) is 25.0 Å². The Morgan fingerprint density at radius 1 is 1.11 bits per heavy atom. The summed E-state index contributed by atoms with van der Waals surface area (Å²) >= 11 is 0. The summed E-state index contributed by atoms with van der Waals surface area (Å²) in [4.78, 5) is 0. The van der Waals surface area contributed by atoms with Gasteiger partial charge in [-0.05, 0) is 25.3 Å². The van der Waals surface area contributed by atoms with Gasteiger partial charge in [0.15, 0.2) is 0 Å². The summed E-state index contributed by atoms with van der Waals surface area (Å²) in [5.41, 5.74) is 2.13. The van der Waals surface area contributed by atoms with Crippen LogP contribution in [0.25, 0.3) is 0 Å². The number of ether oxygens (including phenoxy) is 1. The van der Waals surface area contributed by atoms with Crippen molar-refractivity contribution in [1.29, 1.82) is 0 Å². The molecular formula is C16H26O2. The van der Waals surface area contributed by atoms with Gasteiger partial charge in [-0.25, -0.2) is 0 Å². The van der Waals surface area contributed by atoms with Gasteiger partial charge in [-0.1, -0.05) is 56.5 Å². The van der Waals surface area contributed by atoms with Crippen LogP contribution in [-0.4, -0.2) is 17.8 Å². The molecule has 0 fully saturated rings. The van der Waals surface area contributed by atoms with Gasteiger partial charge in [-0.15, -0.1) is 0 Å². The van der Waals surface area contributed by atoms with Crippen LogP contribution < -0.4 is 0 Å². The fourth-order valence-corrected chi connectivity index (χ4v) is 1.94. The fraction of sp³-hybridized carbons (Fsp3) is 0.625. The second-order valence-corrected chi connectivity index (χ2v) is 5.08. The lowest BCUT2D eigenvalue weighted by molar-refractivity contribution is -0.0415. The third-order valence-electron chi connectivity index (χ3n) is 3.61. The molecule has 102 valence electrons. The standard InChI is InChI=1S/C16H26O2/c1-5-14(6-2)11-18-13(4)16(17)15-9-7-12(3)8-10-15/h7-10,13-14,16-17H,5-6,11H2,1-4H3. The normalized spacial score (nSPS) is 14.8. The molecule has 2 heteroatoms. The number of aliphatic hydroxyl groups excluding tert-OH is 1. The second-order valence-electron chi connectivity index (χ2n) is 5.08. The summed E-state index contributed by atoms with van der Waals surface area (Å²) in [6, 6.07) is 7.98. The minimum atomic E-state index is -0.542. The van der Waals surface area contributed by atoms with Crippen LogP contribution in [0.15, 0.2) is 24.3 Å². The molecule has 1 aromatic carbocycles. The average molecular weight is 250 g/mol. The molecule has 2 unspecified atom stereocenters. The van der Waals surface area contributed by atoms with Gasteiger partial charge in [0.05, 0.1) is 6.10 Å². The summed E-state index contributed by atoms with van der Waals surface area (Å²) < 4.78 is 5.78. The van der Waals surface area contributed by atoms with Gasteiger partial charge in [-0.2, -0.15) is 0 Å². The maximum atomic E-state index is 10.2. The van der Waals surface area contributed by atoms with Crippen LogP contribution in [0.4, 0.5) is 0 Å². The summed E-state index contributed by atoms with van der Waals surface area (Å²) in [6.45, 7) is 9.07. The summed E-state index contributed by atoms with van der Waals surface area (Å²) in [7, 11) is 0. The van der Waals surface area contributed by atoms with Crippen molar-refractivity contribution >= 4 is 0 Å². The van der Waals surface area contributed by atoms with Crippen LogP contribution in [0.3, 0.4) is 0 Å². The third-order valence-corrected chi connectivity index (χ3v) is 3.61. The van der Waals surface area contributed by atoms with Crippen molar-refractivity contribution in [3.8, 4) is 0 Å². The van der Waals surface area contributed by atoms with E-state index in [4.69, 9.17) is 4.74 Å². The Hall–Kier alpha value is -0.860. The van der Waals surface area contributed by atoms with Crippen molar-refractivity contribution < 1.29 is 9.84 Å². The molecule has 2 atom stereocenters. The van der Waals surface area contributed by atoms with Crippen molar-refractivity contribution in [3.63, 3.8) is 0 Å². The number of aliphatic hydroxyl groups is 1. The highest BCUT2D eigenvalue weighted by Gasteiger charge is 2.17. The van der Waals surface area contributed by atoms with E-state index in [1.165, 1.54) is 5.56 Å². The Balaban J connectivity index is 2.50. The van der Waals surface area contributed by atoms with E-state index in [2.05, 4.69) is 13.8 Å². The number of benzene rings is 1. The largest absolute Gasteiger partial charge is 0.386 e. The zero-order chi connectivity index (χ0) is 13.5. The Morgan fingerprint density at radius 3 is 2.17 bits per heavy atom. The molecule has 1 aromatic rings. The molecule has 0 spiro atoms. The van der Waals surface area contributed by atoms with Crippen LogP contribution in [-0.2, 0) is 4.74 Å². The van der Waals surface area contributed by atoms with Crippen LogP contribution >= 0.6 is 0 Å². The van der Waals surface area contributed by atoms with Crippen LogP contribution in [0.2, 0.25) is 0 Å². The fourth-order valence-electron chi connectivity index (χ4n) is 1.94. The smallest absolute Gasteiger partial charge is 0.105 e. The molecule has 0 saturated carbocycles. The zero-order valence-electron chi connectivity index (χ0n) is 12.0. The molecular weight excluding hydrogens is 224 g/mol. The first-order valence-electron chi connectivity index (χ1n) is 6.94. The van der Waals surface area contributed by atoms with E-state index in [-0.39, 0.29) is 6.10 Å². The quantitative estimate of drug-likeness (QED) is 0.796. The summed E-state index contributed by atoms with van der Waals surface area (Å²) in [6.07, 6.45) is 1.56. The van der Waals surface area contributed by atoms with Crippen LogP contribution in [0.5, 0.6) is 0 Å². The number of hydrogen-bond donors (Lipinski definition) is 1. The Labute approximate surface area is 111 Å². The van der Waals surface area contributed by atoms with E-state index in [0.29, 0.717) is 5.92 Å². The highest BCUT2D eigenvalue weighted by atomic mass is 16.5. The minimum Gasteiger partial charge on any atom is -0.386 e. The maximum absolute atomic E-state index is 10.2. The van der Waals surface area contributed by atoms with Gasteiger partial charge >= 0.3 is 0 Å². The SMILES string of the molecule is CCC(CC)COC(C)C(O)c1ccc(C)cc1. The maximum Gasteiger partial charge on any atom is 0.105 e. The summed E-state index contributed by atoms with van der Waals surface area (Å²) in [5, 5.41) is 10.2. The van der Waals surface area contributed by atoms with E-state index < -0.39 is 6.10 Å². The van der Waals surface area contributed by atoms with Gasteiger partial charge < -0.3 is 9.84 Å². The van der Waals surface area contributed by atoms with Gasteiger partial charge in [0, 0.05) is 6.61 Å².